The van der Waals surface area contributed by atoms with Crippen LogP contribution in [0.4, 0.5) is 0 Å². The van der Waals surface area contributed by atoms with Crippen molar-refractivity contribution in [1.82, 2.24) is 5.43 Å². The highest BCUT2D eigenvalue weighted by Gasteiger charge is 2.11. The molecule has 2 N–H and O–H groups in total. The van der Waals surface area contributed by atoms with Crippen molar-refractivity contribution in [3.8, 4) is 5.75 Å². The van der Waals surface area contributed by atoms with Gasteiger partial charge in [0.05, 0.1) is 18.0 Å². The number of rotatable bonds is 3. The summed E-state index contributed by atoms with van der Waals surface area (Å²) in [6, 6.07) is 14.1. The van der Waals surface area contributed by atoms with Crippen molar-refractivity contribution < 1.29 is 14.3 Å². The Morgan fingerprint density at radius 3 is 2.62 bits per heavy atom. The zero-order valence-electron chi connectivity index (χ0n) is 11.0. The Morgan fingerprint density at radius 1 is 1.14 bits per heavy atom. The second kappa shape index (κ2) is 5.50. The van der Waals surface area contributed by atoms with E-state index in [9.17, 15) is 9.90 Å². The van der Waals surface area contributed by atoms with Gasteiger partial charge < -0.3 is 9.52 Å². The van der Waals surface area contributed by atoms with Crippen LogP contribution in [0.3, 0.4) is 0 Å². The van der Waals surface area contributed by atoms with Crippen LogP contribution in [0.15, 0.2) is 64.3 Å². The number of furan rings is 1. The molecular formula is C16H12N2O3. The molecule has 0 aliphatic rings. The van der Waals surface area contributed by atoms with E-state index in [0.717, 1.165) is 10.8 Å². The van der Waals surface area contributed by atoms with Crippen molar-refractivity contribution in [2.45, 2.75) is 0 Å². The Balaban J connectivity index is 1.82. The van der Waals surface area contributed by atoms with Crippen LogP contribution >= 0.6 is 0 Å². The van der Waals surface area contributed by atoms with E-state index in [2.05, 4.69) is 10.5 Å². The van der Waals surface area contributed by atoms with Crippen molar-refractivity contribution in [1.29, 1.82) is 0 Å². The molecule has 0 saturated carbocycles. The van der Waals surface area contributed by atoms with Crippen LogP contribution in [-0.2, 0) is 0 Å². The Labute approximate surface area is 120 Å². The van der Waals surface area contributed by atoms with Gasteiger partial charge in [-0.25, -0.2) is 5.43 Å². The molecule has 1 amide bonds. The van der Waals surface area contributed by atoms with Gasteiger partial charge in [-0.05, 0) is 35.0 Å². The molecule has 1 heterocycles. The van der Waals surface area contributed by atoms with Crippen molar-refractivity contribution in [2.24, 2.45) is 5.10 Å². The molecule has 3 aromatic rings. The summed E-state index contributed by atoms with van der Waals surface area (Å²) in [5, 5.41) is 15.5. The van der Waals surface area contributed by atoms with E-state index in [4.69, 9.17) is 4.42 Å². The van der Waals surface area contributed by atoms with E-state index >= 15 is 0 Å². The molecule has 0 saturated heterocycles. The number of hydrogen-bond acceptors (Lipinski definition) is 4. The van der Waals surface area contributed by atoms with E-state index in [1.165, 1.54) is 12.5 Å². The van der Waals surface area contributed by atoms with E-state index < -0.39 is 5.91 Å². The van der Waals surface area contributed by atoms with Crippen LogP contribution in [0, 0.1) is 0 Å². The molecule has 5 heteroatoms. The molecule has 0 aliphatic heterocycles. The third-order valence-electron chi connectivity index (χ3n) is 3.01. The van der Waals surface area contributed by atoms with Crippen LogP contribution in [0.1, 0.15) is 16.1 Å². The summed E-state index contributed by atoms with van der Waals surface area (Å²) in [5.74, 6) is -0.0431. The van der Waals surface area contributed by atoms with E-state index in [-0.39, 0.29) is 11.3 Å². The maximum Gasteiger partial charge on any atom is 0.275 e. The molecule has 0 bridgehead atoms. The highest BCUT2D eigenvalue weighted by Crippen LogP contribution is 2.24. The van der Waals surface area contributed by atoms with Gasteiger partial charge >= 0.3 is 0 Å². The zero-order chi connectivity index (χ0) is 14.7. The van der Waals surface area contributed by atoms with E-state index in [0.29, 0.717) is 5.76 Å². The standard InChI is InChI=1S/C16H12N2O3/c19-15-9-12-5-2-1-4-11(12)8-14(15)16(20)18-17-10-13-6-3-7-21-13/h1-10,19H,(H,18,20)/b17-10+. The quantitative estimate of drug-likeness (QED) is 0.572. The third kappa shape index (κ3) is 2.76. The predicted molar refractivity (Wildman–Crippen MR) is 79.4 cm³/mol. The van der Waals surface area contributed by atoms with Gasteiger partial charge in [-0.2, -0.15) is 5.10 Å². The van der Waals surface area contributed by atoms with Gasteiger partial charge in [0.25, 0.3) is 5.91 Å². The van der Waals surface area contributed by atoms with E-state index in [1.807, 2.05) is 24.3 Å². The number of nitrogens with zero attached hydrogens (tertiary/aromatic N) is 1. The van der Waals surface area contributed by atoms with Gasteiger partial charge in [0, 0.05) is 0 Å². The number of carbonyl (C=O) groups excluding carboxylic acids is 1. The van der Waals surface area contributed by atoms with Gasteiger partial charge in [-0.1, -0.05) is 24.3 Å². The highest BCUT2D eigenvalue weighted by molar-refractivity contribution is 6.01. The lowest BCUT2D eigenvalue weighted by atomic mass is 10.1. The Hall–Kier alpha value is -3.08. The number of phenols is 1. The molecule has 0 aliphatic carbocycles. The largest absolute Gasteiger partial charge is 0.507 e. The van der Waals surface area contributed by atoms with Gasteiger partial charge in [0.2, 0.25) is 0 Å². The minimum Gasteiger partial charge on any atom is -0.507 e. The van der Waals surface area contributed by atoms with Crippen molar-refractivity contribution in [3.05, 3.63) is 66.1 Å². The molecule has 3 rings (SSSR count). The predicted octanol–water partition coefficient (Wildman–Crippen LogP) is 2.90. The molecule has 5 nitrogen and oxygen atoms in total. The number of hydrogen-bond donors (Lipinski definition) is 2. The summed E-state index contributed by atoms with van der Waals surface area (Å²) < 4.78 is 5.05. The van der Waals surface area contributed by atoms with Gasteiger partial charge in [0.15, 0.2) is 0 Å². The molecule has 0 spiro atoms. The number of carbonyl (C=O) groups is 1. The summed E-state index contributed by atoms with van der Waals surface area (Å²) >= 11 is 0. The first-order valence-corrected chi connectivity index (χ1v) is 6.33. The summed E-state index contributed by atoms with van der Waals surface area (Å²) in [6.07, 6.45) is 2.90. The molecule has 0 fully saturated rings. The molecular weight excluding hydrogens is 268 g/mol. The lowest BCUT2D eigenvalue weighted by Gasteiger charge is -2.05. The summed E-state index contributed by atoms with van der Waals surface area (Å²) in [4.78, 5) is 12.0. The molecule has 104 valence electrons. The third-order valence-corrected chi connectivity index (χ3v) is 3.01. The maximum absolute atomic E-state index is 12.0. The monoisotopic (exact) mass is 280 g/mol. The number of phenolic OH excluding ortho intramolecular Hbond substituents is 1. The summed E-state index contributed by atoms with van der Waals surface area (Å²) in [7, 11) is 0. The number of amides is 1. The first kappa shape index (κ1) is 12.9. The number of hydrazone groups is 1. The summed E-state index contributed by atoms with van der Waals surface area (Å²) in [6.45, 7) is 0. The topological polar surface area (TPSA) is 74.8 Å². The summed E-state index contributed by atoms with van der Waals surface area (Å²) in [5.41, 5.74) is 2.52. The molecule has 2 aromatic carbocycles. The Bertz CT molecular complexity index is 808. The van der Waals surface area contributed by atoms with Crippen molar-refractivity contribution >= 4 is 22.9 Å². The second-order valence-electron chi connectivity index (χ2n) is 4.43. The Kier molecular flexibility index (Phi) is 3.39. The van der Waals surface area contributed by atoms with Crippen molar-refractivity contribution in [3.63, 3.8) is 0 Å². The molecule has 0 atom stereocenters. The lowest BCUT2D eigenvalue weighted by Crippen LogP contribution is -2.17. The Morgan fingerprint density at radius 2 is 1.90 bits per heavy atom. The average molecular weight is 280 g/mol. The minimum atomic E-state index is -0.485. The first-order valence-electron chi connectivity index (χ1n) is 6.33. The van der Waals surface area contributed by atoms with Gasteiger partial charge in [0.1, 0.15) is 11.5 Å². The smallest absolute Gasteiger partial charge is 0.275 e. The fraction of sp³-hybridized carbons (Fsp3) is 0. The van der Waals surface area contributed by atoms with Gasteiger partial charge in [-0.15, -0.1) is 0 Å². The molecule has 0 radical (unpaired) electrons. The fourth-order valence-corrected chi connectivity index (χ4v) is 1.99. The van der Waals surface area contributed by atoms with Crippen LogP contribution < -0.4 is 5.43 Å². The maximum atomic E-state index is 12.0. The zero-order valence-corrected chi connectivity index (χ0v) is 11.0. The van der Waals surface area contributed by atoms with Crippen LogP contribution in [0.5, 0.6) is 5.75 Å². The minimum absolute atomic E-state index is 0.0839. The van der Waals surface area contributed by atoms with E-state index in [1.54, 1.807) is 24.3 Å². The van der Waals surface area contributed by atoms with Crippen molar-refractivity contribution in [2.75, 3.05) is 0 Å². The second-order valence-corrected chi connectivity index (χ2v) is 4.43. The van der Waals surface area contributed by atoms with Gasteiger partial charge in [-0.3, -0.25) is 4.79 Å². The fourth-order valence-electron chi connectivity index (χ4n) is 1.99. The number of fused-ring (bicyclic) bond motifs is 1. The van der Waals surface area contributed by atoms with Crippen LogP contribution in [0.25, 0.3) is 10.8 Å². The molecule has 0 unspecified atom stereocenters. The molecule has 21 heavy (non-hydrogen) atoms. The SMILES string of the molecule is O=C(N/N=C/c1ccco1)c1cc2ccccc2cc1O. The number of benzene rings is 2. The normalized spacial score (nSPS) is 11.0. The lowest BCUT2D eigenvalue weighted by molar-refractivity contribution is 0.0952. The average Bonchev–Trinajstić information content (AvgIpc) is 2.99. The highest BCUT2D eigenvalue weighted by atomic mass is 16.3. The van der Waals surface area contributed by atoms with Crippen LogP contribution in [-0.4, -0.2) is 17.2 Å². The molecule has 1 aromatic heterocycles. The van der Waals surface area contributed by atoms with Crippen LogP contribution in [0.2, 0.25) is 0 Å². The first-order chi connectivity index (χ1) is 10.2. The number of nitrogens with one attached hydrogen (secondary N) is 1. The number of aromatic hydroxyl groups is 1.